The van der Waals surface area contributed by atoms with E-state index in [1.54, 1.807) is 24.3 Å². The molecule has 1 fully saturated rings. The van der Waals surface area contributed by atoms with Crippen LogP contribution >= 0.6 is 0 Å². The van der Waals surface area contributed by atoms with Crippen molar-refractivity contribution in [2.24, 2.45) is 11.8 Å². The molecule has 0 spiro atoms. The first kappa shape index (κ1) is 19.7. The van der Waals surface area contributed by atoms with Gasteiger partial charge < -0.3 is 15.4 Å². The summed E-state index contributed by atoms with van der Waals surface area (Å²) < 4.78 is 27.7. The van der Waals surface area contributed by atoms with Crippen LogP contribution in [-0.4, -0.2) is 46.0 Å². The Morgan fingerprint density at radius 2 is 2.24 bits per heavy atom. The smallest absolute Gasteiger partial charge is 0.224 e. The molecule has 0 saturated carbocycles. The molecule has 7 heteroatoms. The molecule has 2 atom stereocenters. The number of sulfone groups is 1. The molecule has 0 aromatic heterocycles. The molecule has 0 aliphatic carbocycles. The largest absolute Gasteiger partial charge is 0.492 e. The van der Waals surface area contributed by atoms with E-state index in [0.717, 1.165) is 13.1 Å². The molecular weight excluding hydrogens is 340 g/mol. The van der Waals surface area contributed by atoms with Crippen molar-refractivity contribution >= 4 is 21.4 Å². The molecule has 1 aliphatic heterocycles. The van der Waals surface area contributed by atoms with Crippen molar-refractivity contribution in [3.05, 3.63) is 24.3 Å². The molecule has 0 radical (unpaired) electrons. The Labute approximate surface area is 150 Å². The normalized spacial score (nSPS) is 19.2. The first-order chi connectivity index (χ1) is 11.8. The maximum atomic E-state index is 12.3. The van der Waals surface area contributed by atoms with Gasteiger partial charge in [0.05, 0.1) is 5.75 Å². The Morgan fingerprint density at radius 3 is 2.92 bits per heavy atom. The van der Waals surface area contributed by atoms with E-state index in [4.69, 9.17) is 4.74 Å². The zero-order chi connectivity index (χ0) is 18.3. The van der Waals surface area contributed by atoms with E-state index >= 15 is 0 Å². The Morgan fingerprint density at radius 1 is 1.44 bits per heavy atom. The molecule has 2 N–H and O–H groups in total. The van der Waals surface area contributed by atoms with Crippen LogP contribution in [0.3, 0.4) is 0 Å². The zero-order valence-corrected chi connectivity index (χ0v) is 15.8. The topological polar surface area (TPSA) is 84.5 Å². The average Bonchev–Trinajstić information content (AvgIpc) is 2.54. The third-order valence-electron chi connectivity index (χ3n) is 4.49. The van der Waals surface area contributed by atoms with Gasteiger partial charge in [-0.1, -0.05) is 13.0 Å². The third kappa shape index (κ3) is 7.44. The van der Waals surface area contributed by atoms with Crippen molar-refractivity contribution in [3.8, 4) is 5.75 Å². The molecule has 1 saturated heterocycles. The van der Waals surface area contributed by atoms with Gasteiger partial charge in [-0.05, 0) is 49.9 Å². The first-order valence-corrected chi connectivity index (χ1v) is 10.8. The maximum Gasteiger partial charge on any atom is 0.224 e. The van der Waals surface area contributed by atoms with Crippen molar-refractivity contribution in [3.63, 3.8) is 0 Å². The van der Waals surface area contributed by atoms with Crippen LogP contribution in [0.4, 0.5) is 5.69 Å². The van der Waals surface area contributed by atoms with Gasteiger partial charge in [0.15, 0.2) is 9.84 Å². The van der Waals surface area contributed by atoms with E-state index < -0.39 is 9.84 Å². The van der Waals surface area contributed by atoms with Crippen LogP contribution in [0.25, 0.3) is 0 Å². The predicted octanol–water partition coefficient (Wildman–Crippen LogP) is 2.07. The number of amides is 1. The Bertz CT molecular complexity index is 669. The maximum absolute atomic E-state index is 12.3. The highest BCUT2D eigenvalue weighted by molar-refractivity contribution is 7.90. The summed E-state index contributed by atoms with van der Waals surface area (Å²) in [6, 6.07) is 7.04. The van der Waals surface area contributed by atoms with Crippen LogP contribution in [0.15, 0.2) is 24.3 Å². The second-order valence-electron chi connectivity index (χ2n) is 6.84. The molecule has 140 valence electrons. The second-order valence-corrected chi connectivity index (χ2v) is 9.10. The number of hydrogen-bond donors (Lipinski definition) is 2. The molecule has 0 bridgehead atoms. The molecule has 2 unspecified atom stereocenters. The van der Waals surface area contributed by atoms with Gasteiger partial charge in [-0.2, -0.15) is 0 Å². The molecule has 1 aromatic carbocycles. The van der Waals surface area contributed by atoms with Crippen molar-refractivity contribution < 1.29 is 17.9 Å². The van der Waals surface area contributed by atoms with Gasteiger partial charge in [-0.25, -0.2) is 8.42 Å². The predicted molar refractivity (Wildman–Crippen MR) is 99.7 cm³/mol. The van der Waals surface area contributed by atoms with Gasteiger partial charge in [0.25, 0.3) is 0 Å². The van der Waals surface area contributed by atoms with Crippen LogP contribution < -0.4 is 15.4 Å². The fraction of sp³-hybridized carbons (Fsp3) is 0.611. The molecule has 2 rings (SSSR count). The van der Waals surface area contributed by atoms with Gasteiger partial charge in [-0.15, -0.1) is 0 Å². The molecule has 1 heterocycles. The van der Waals surface area contributed by atoms with Gasteiger partial charge in [0, 0.05) is 24.4 Å². The van der Waals surface area contributed by atoms with Crippen molar-refractivity contribution in [2.45, 2.75) is 26.2 Å². The molecular formula is C18H28N2O4S. The number of ether oxygens (including phenoxy) is 1. The van der Waals surface area contributed by atoms with E-state index in [1.165, 1.54) is 19.1 Å². The number of piperidine rings is 1. The van der Waals surface area contributed by atoms with Crippen LogP contribution in [0.5, 0.6) is 5.75 Å². The lowest BCUT2D eigenvalue weighted by atomic mass is 9.85. The van der Waals surface area contributed by atoms with Gasteiger partial charge in [0.2, 0.25) is 5.91 Å². The lowest BCUT2D eigenvalue weighted by Crippen LogP contribution is -2.34. The zero-order valence-electron chi connectivity index (χ0n) is 15.0. The number of carbonyl (C=O) groups excluding carboxylic acids is 1. The minimum atomic E-state index is -3.05. The van der Waals surface area contributed by atoms with Gasteiger partial charge >= 0.3 is 0 Å². The standard InChI is InChI=1S/C18H28N2O4S/c1-14(15-5-4-8-19-13-15)11-18(21)20-16-6-3-7-17(12-16)24-9-10-25(2,22)23/h3,6-7,12,14-15,19H,4-5,8-11,13H2,1-2H3,(H,20,21). The van der Waals surface area contributed by atoms with Crippen LogP contribution in [-0.2, 0) is 14.6 Å². The van der Waals surface area contributed by atoms with Crippen molar-refractivity contribution in [1.29, 1.82) is 0 Å². The summed E-state index contributed by atoms with van der Waals surface area (Å²) in [6.07, 6.45) is 4.01. The van der Waals surface area contributed by atoms with Crippen LogP contribution in [0.1, 0.15) is 26.2 Å². The summed E-state index contributed by atoms with van der Waals surface area (Å²) >= 11 is 0. The van der Waals surface area contributed by atoms with Gasteiger partial charge in [0.1, 0.15) is 12.4 Å². The van der Waals surface area contributed by atoms with E-state index in [-0.39, 0.29) is 18.3 Å². The van der Waals surface area contributed by atoms with Crippen LogP contribution in [0.2, 0.25) is 0 Å². The monoisotopic (exact) mass is 368 g/mol. The Hall–Kier alpha value is -1.60. The summed E-state index contributed by atoms with van der Waals surface area (Å²) in [6.45, 7) is 4.28. The van der Waals surface area contributed by atoms with E-state index in [0.29, 0.717) is 29.7 Å². The molecule has 25 heavy (non-hydrogen) atoms. The van der Waals surface area contributed by atoms with E-state index in [2.05, 4.69) is 17.6 Å². The summed E-state index contributed by atoms with van der Waals surface area (Å²) in [7, 11) is -3.05. The van der Waals surface area contributed by atoms with Crippen molar-refractivity contribution in [1.82, 2.24) is 5.32 Å². The number of rotatable bonds is 8. The van der Waals surface area contributed by atoms with Gasteiger partial charge in [-0.3, -0.25) is 4.79 Å². The highest BCUT2D eigenvalue weighted by Crippen LogP contribution is 2.23. The lowest BCUT2D eigenvalue weighted by Gasteiger charge is -2.28. The molecule has 1 aromatic rings. The molecule has 1 aliphatic rings. The fourth-order valence-corrected chi connectivity index (χ4v) is 3.40. The number of benzene rings is 1. The number of anilines is 1. The number of hydrogen-bond acceptors (Lipinski definition) is 5. The number of nitrogens with one attached hydrogen (secondary N) is 2. The second kappa shape index (κ2) is 9.20. The van der Waals surface area contributed by atoms with Crippen molar-refractivity contribution in [2.75, 3.05) is 37.0 Å². The molecule has 1 amide bonds. The SMILES string of the molecule is CC(CC(=O)Nc1cccc(OCCS(C)(=O)=O)c1)C1CCCNC1. The summed E-state index contributed by atoms with van der Waals surface area (Å²) in [5, 5.41) is 6.29. The quantitative estimate of drug-likeness (QED) is 0.734. The fourth-order valence-electron chi connectivity index (χ4n) is 3.01. The Kier molecular flexibility index (Phi) is 7.25. The van der Waals surface area contributed by atoms with E-state index in [1.807, 2.05) is 0 Å². The first-order valence-electron chi connectivity index (χ1n) is 8.74. The highest BCUT2D eigenvalue weighted by atomic mass is 32.2. The third-order valence-corrected chi connectivity index (χ3v) is 5.40. The van der Waals surface area contributed by atoms with E-state index in [9.17, 15) is 13.2 Å². The molecule has 6 nitrogen and oxygen atoms in total. The number of carbonyl (C=O) groups is 1. The van der Waals surface area contributed by atoms with Crippen LogP contribution in [0, 0.1) is 11.8 Å². The minimum Gasteiger partial charge on any atom is -0.492 e. The lowest BCUT2D eigenvalue weighted by molar-refractivity contribution is -0.117. The average molecular weight is 368 g/mol. The highest BCUT2D eigenvalue weighted by Gasteiger charge is 2.22. The summed E-state index contributed by atoms with van der Waals surface area (Å²) in [4.78, 5) is 12.3. The summed E-state index contributed by atoms with van der Waals surface area (Å²) in [5.74, 6) is 1.39. The minimum absolute atomic E-state index is 0.00800. The Balaban J connectivity index is 1.82. The summed E-state index contributed by atoms with van der Waals surface area (Å²) in [5.41, 5.74) is 0.663.